The quantitative estimate of drug-likeness (QED) is 0.727. The van der Waals surface area contributed by atoms with Gasteiger partial charge < -0.3 is 10.6 Å². The van der Waals surface area contributed by atoms with E-state index in [0.29, 0.717) is 30.8 Å². The maximum Gasteiger partial charge on any atom is 0.222 e. The van der Waals surface area contributed by atoms with E-state index in [1.54, 1.807) is 0 Å². The number of amides is 1. The minimum Gasteiger partial charge on any atom is -0.343 e. The topological polar surface area (TPSA) is 46.3 Å². The molecule has 0 radical (unpaired) electrons. The fourth-order valence-electron chi connectivity index (χ4n) is 1.99. The van der Waals surface area contributed by atoms with Crippen molar-refractivity contribution >= 4 is 5.91 Å². The van der Waals surface area contributed by atoms with Crippen molar-refractivity contribution in [1.29, 1.82) is 0 Å². The molecule has 15 heavy (non-hydrogen) atoms. The molecule has 1 atom stereocenters. The second-order valence-corrected chi connectivity index (χ2v) is 5.17. The summed E-state index contributed by atoms with van der Waals surface area (Å²) in [6.45, 7) is 4.98. The lowest BCUT2D eigenvalue weighted by atomic mass is 9.94. The van der Waals surface area contributed by atoms with Crippen molar-refractivity contribution in [2.45, 2.75) is 45.6 Å². The molecule has 1 rings (SSSR count). The molecule has 0 aliphatic heterocycles. The van der Waals surface area contributed by atoms with Crippen LogP contribution in [0.2, 0.25) is 0 Å². The van der Waals surface area contributed by atoms with Crippen molar-refractivity contribution in [3.8, 4) is 0 Å². The molecule has 3 heteroatoms. The average molecular weight is 212 g/mol. The molecule has 0 aromatic carbocycles. The lowest BCUT2D eigenvalue weighted by molar-refractivity contribution is -0.131. The fraction of sp³-hybridized carbons (Fsp3) is 0.917. The summed E-state index contributed by atoms with van der Waals surface area (Å²) in [6.07, 6.45) is 4.04. The molecule has 0 saturated heterocycles. The van der Waals surface area contributed by atoms with Crippen LogP contribution < -0.4 is 5.73 Å². The van der Waals surface area contributed by atoms with Crippen LogP contribution in [0, 0.1) is 11.8 Å². The molecule has 1 fully saturated rings. The molecule has 0 bridgehead atoms. The van der Waals surface area contributed by atoms with E-state index in [4.69, 9.17) is 5.73 Å². The van der Waals surface area contributed by atoms with Gasteiger partial charge in [0.05, 0.1) is 0 Å². The Bertz CT molecular complexity index is 212. The zero-order valence-corrected chi connectivity index (χ0v) is 10.2. The Morgan fingerprint density at radius 1 is 1.47 bits per heavy atom. The van der Waals surface area contributed by atoms with Crippen molar-refractivity contribution in [3.63, 3.8) is 0 Å². The zero-order chi connectivity index (χ0) is 11.4. The Morgan fingerprint density at radius 2 is 2.07 bits per heavy atom. The molecule has 1 amide bonds. The summed E-state index contributed by atoms with van der Waals surface area (Å²) < 4.78 is 0. The molecule has 0 unspecified atom stereocenters. The van der Waals surface area contributed by atoms with Crippen LogP contribution in [-0.4, -0.2) is 30.4 Å². The summed E-state index contributed by atoms with van der Waals surface area (Å²) in [7, 11) is 1.92. The molecule has 0 heterocycles. The SMILES string of the molecule is CC(C)C[C@H](CN)CC(=O)N(C)C1CC1. The van der Waals surface area contributed by atoms with Crippen LogP contribution in [0.5, 0.6) is 0 Å². The van der Waals surface area contributed by atoms with Crippen LogP contribution >= 0.6 is 0 Å². The van der Waals surface area contributed by atoms with Crippen LogP contribution in [0.3, 0.4) is 0 Å². The highest BCUT2D eigenvalue weighted by Gasteiger charge is 2.30. The zero-order valence-electron chi connectivity index (χ0n) is 10.2. The predicted molar refractivity (Wildman–Crippen MR) is 62.4 cm³/mol. The number of nitrogens with zero attached hydrogens (tertiary/aromatic N) is 1. The van der Waals surface area contributed by atoms with Gasteiger partial charge in [0.2, 0.25) is 5.91 Å². The summed E-state index contributed by atoms with van der Waals surface area (Å²) in [4.78, 5) is 13.8. The monoisotopic (exact) mass is 212 g/mol. The highest BCUT2D eigenvalue weighted by Crippen LogP contribution is 2.27. The lowest BCUT2D eigenvalue weighted by Crippen LogP contribution is -2.32. The largest absolute Gasteiger partial charge is 0.343 e. The first-order valence-corrected chi connectivity index (χ1v) is 6.00. The molecule has 0 spiro atoms. The number of carbonyl (C=O) groups is 1. The highest BCUT2D eigenvalue weighted by molar-refractivity contribution is 5.76. The smallest absolute Gasteiger partial charge is 0.222 e. The van der Waals surface area contributed by atoms with Gasteiger partial charge in [0, 0.05) is 19.5 Å². The van der Waals surface area contributed by atoms with Gasteiger partial charge in [-0.3, -0.25) is 4.79 Å². The van der Waals surface area contributed by atoms with E-state index in [9.17, 15) is 4.79 Å². The summed E-state index contributed by atoms with van der Waals surface area (Å²) in [5, 5.41) is 0. The number of rotatable bonds is 6. The van der Waals surface area contributed by atoms with Crippen molar-refractivity contribution in [2.24, 2.45) is 17.6 Å². The molecular formula is C12H24N2O. The Balaban J connectivity index is 2.32. The third-order valence-electron chi connectivity index (χ3n) is 3.09. The Labute approximate surface area is 93.0 Å². The van der Waals surface area contributed by atoms with Crippen molar-refractivity contribution in [1.82, 2.24) is 4.90 Å². The van der Waals surface area contributed by atoms with Gasteiger partial charge in [-0.05, 0) is 37.6 Å². The maximum atomic E-state index is 11.8. The number of hydrogen-bond donors (Lipinski definition) is 1. The first-order valence-electron chi connectivity index (χ1n) is 6.00. The molecule has 2 N–H and O–H groups in total. The summed E-state index contributed by atoms with van der Waals surface area (Å²) >= 11 is 0. The minimum absolute atomic E-state index is 0.272. The molecule has 88 valence electrons. The van der Waals surface area contributed by atoms with Crippen molar-refractivity contribution < 1.29 is 4.79 Å². The van der Waals surface area contributed by atoms with E-state index in [2.05, 4.69) is 13.8 Å². The van der Waals surface area contributed by atoms with Crippen LogP contribution in [0.25, 0.3) is 0 Å². The van der Waals surface area contributed by atoms with E-state index in [1.165, 1.54) is 12.8 Å². The molecule has 0 aromatic rings. The highest BCUT2D eigenvalue weighted by atomic mass is 16.2. The molecule has 1 saturated carbocycles. The van der Waals surface area contributed by atoms with Gasteiger partial charge in [-0.2, -0.15) is 0 Å². The van der Waals surface area contributed by atoms with Gasteiger partial charge in [-0.1, -0.05) is 13.8 Å². The Morgan fingerprint density at radius 3 is 2.47 bits per heavy atom. The first-order chi connectivity index (χ1) is 7.04. The number of carbonyl (C=O) groups excluding carboxylic acids is 1. The minimum atomic E-state index is 0.272. The Hall–Kier alpha value is -0.570. The second-order valence-electron chi connectivity index (χ2n) is 5.17. The van der Waals surface area contributed by atoms with Gasteiger partial charge in [-0.25, -0.2) is 0 Å². The van der Waals surface area contributed by atoms with E-state index < -0.39 is 0 Å². The van der Waals surface area contributed by atoms with Crippen LogP contribution in [0.1, 0.15) is 39.5 Å². The molecule has 0 aromatic heterocycles. The summed E-state index contributed by atoms with van der Waals surface area (Å²) in [5.74, 6) is 1.25. The van der Waals surface area contributed by atoms with Gasteiger partial charge in [0.1, 0.15) is 0 Å². The molecule has 1 aliphatic rings. The molecule has 3 nitrogen and oxygen atoms in total. The summed E-state index contributed by atoms with van der Waals surface area (Å²) in [6, 6.07) is 0.523. The predicted octanol–water partition coefficient (Wildman–Crippen LogP) is 1.62. The second kappa shape index (κ2) is 5.50. The van der Waals surface area contributed by atoms with E-state index >= 15 is 0 Å². The standard InChI is InChI=1S/C12H24N2O/c1-9(2)6-10(8-13)7-12(15)14(3)11-4-5-11/h9-11H,4-8,13H2,1-3H3/t10-/m0/s1. The van der Waals surface area contributed by atoms with E-state index in [1.807, 2.05) is 11.9 Å². The summed E-state index contributed by atoms with van der Waals surface area (Å²) in [5.41, 5.74) is 5.69. The van der Waals surface area contributed by atoms with Crippen LogP contribution in [0.4, 0.5) is 0 Å². The first kappa shape index (κ1) is 12.5. The van der Waals surface area contributed by atoms with E-state index in [-0.39, 0.29) is 5.91 Å². The average Bonchev–Trinajstić information content (AvgIpc) is 2.97. The number of hydrogen-bond acceptors (Lipinski definition) is 2. The van der Waals surface area contributed by atoms with Crippen LogP contribution in [0.15, 0.2) is 0 Å². The van der Waals surface area contributed by atoms with Gasteiger partial charge in [0.15, 0.2) is 0 Å². The van der Waals surface area contributed by atoms with Gasteiger partial charge >= 0.3 is 0 Å². The van der Waals surface area contributed by atoms with Gasteiger partial charge in [-0.15, -0.1) is 0 Å². The maximum absolute atomic E-state index is 11.8. The fourth-order valence-corrected chi connectivity index (χ4v) is 1.99. The normalized spacial score (nSPS) is 17.9. The van der Waals surface area contributed by atoms with Crippen molar-refractivity contribution in [3.05, 3.63) is 0 Å². The van der Waals surface area contributed by atoms with Crippen molar-refractivity contribution in [2.75, 3.05) is 13.6 Å². The molecular weight excluding hydrogens is 188 g/mol. The molecule has 1 aliphatic carbocycles. The lowest BCUT2D eigenvalue weighted by Gasteiger charge is -2.21. The third-order valence-corrected chi connectivity index (χ3v) is 3.09. The number of nitrogens with two attached hydrogens (primary N) is 1. The van der Waals surface area contributed by atoms with Crippen LogP contribution in [-0.2, 0) is 4.79 Å². The van der Waals surface area contributed by atoms with Gasteiger partial charge in [0.25, 0.3) is 0 Å². The Kier molecular flexibility index (Phi) is 4.58. The van der Waals surface area contributed by atoms with E-state index in [0.717, 1.165) is 6.42 Å². The third kappa shape index (κ3) is 4.20.